The van der Waals surface area contributed by atoms with Gasteiger partial charge in [0.2, 0.25) is 0 Å². The lowest BCUT2D eigenvalue weighted by Crippen LogP contribution is -2.37. The van der Waals surface area contributed by atoms with Crippen LogP contribution in [0.15, 0.2) is 36.5 Å². The smallest absolute Gasteiger partial charge is 0.136 e. The molecular weight excluding hydrogens is 172 g/mol. The molecule has 0 bridgehead atoms. The molecule has 2 heteroatoms. The fraction of sp³-hybridized carbons (Fsp3) is 0.250. The molecule has 1 aliphatic rings. The van der Waals surface area contributed by atoms with E-state index >= 15 is 0 Å². The molecule has 3 rings (SSSR count). The molecule has 1 aromatic carbocycles. The predicted octanol–water partition coefficient (Wildman–Crippen LogP) is 2.44. The minimum Gasteiger partial charge on any atom is -0.356 e. The quantitative estimate of drug-likeness (QED) is 0.676. The number of pyridine rings is 1. The largest absolute Gasteiger partial charge is 0.356 e. The standard InChI is InChI=1S/C12H12N2/c1-2-5-11-10(4-1)6-7-13-12(11)14-8-3-9-14/h1-2,4-7H,3,8-9H2. The van der Waals surface area contributed by atoms with Crippen LogP contribution < -0.4 is 4.90 Å². The Morgan fingerprint density at radius 2 is 1.93 bits per heavy atom. The molecule has 0 aliphatic carbocycles. The summed E-state index contributed by atoms with van der Waals surface area (Å²) >= 11 is 0. The second kappa shape index (κ2) is 2.98. The lowest BCUT2D eigenvalue weighted by atomic mass is 10.1. The minimum atomic E-state index is 1.15. The molecule has 70 valence electrons. The lowest BCUT2D eigenvalue weighted by Gasteiger charge is -2.32. The van der Waals surface area contributed by atoms with Crippen LogP contribution in [0.4, 0.5) is 5.82 Å². The van der Waals surface area contributed by atoms with Crippen molar-refractivity contribution in [3.8, 4) is 0 Å². The minimum absolute atomic E-state index is 1.15. The predicted molar refractivity (Wildman–Crippen MR) is 58.6 cm³/mol. The van der Waals surface area contributed by atoms with Crippen molar-refractivity contribution in [2.75, 3.05) is 18.0 Å². The zero-order valence-electron chi connectivity index (χ0n) is 7.98. The first-order valence-corrected chi connectivity index (χ1v) is 5.04. The van der Waals surface area contributed by atoms with Gasteiger partial charge in [0.15, 0.2) is 0 Å². The molecule has 14 heavy (non-hydrogen) atoms. The van der Waals surface area contributed by atoms with Crippen molar-refractivity contribution in [3.63, 3.8) is 0 Å². The first-order valence-electron chi connectivity index (χ1n) is 5.04. The van der Waals surface area contributed by atoms with Crippen LogP contribution in [0.25, 0.3) is 10.8 Å². The molecule has 1 saturated heterocycles. The highest BCUT2D eigenvalue weighted by Crippen LogP contribution is 2.26. The first kappa shape index (κ1) is 7.80. The van der Waals surface area contributed by atoms with Crippen LogP contribution >= 0.6 is 0 Å². The summed E-state index contributed by atoms with van der Waals surface area (Å²) in [6.07, 6.45) is 3.20. The molecule has 2 aromatic rings. The van der Waals surface area contributed by atoms with Gasteiger partial charge in [-0.25, -0.2) is 4.98 Å². The maximum Gasteiger partial charge on any atom is 0.136 e. The number of rotatable bonds is 1. The van der Waals surface area contributed by atoms with E-state index in [1.165, 1.54) is 17.2 Å². The van der Waals surface area contributed by atoms with Crippen LogP contribution in [0.5, 0.6) is 0 Å². The van der Waals surface area contributed by atoms with E-state index in [-0.39, 0.29) is 0 Å². The van der Waals surface area contributed by atoms with Crippen molar-refractivity contribution in [1.29, 1.82) is 0 Å². The van der Waals surface area contributed by atoms with E-state index in [1.54, 1.807) is 0 Å². The molecule has 2 nitrogen and oxygen atoms in total. The number of hydrogen-bond donors (Lipinski definition) is 0. The van der Waals surface area contributed by atoms with Gasteiger partial charge in [0.05, 0.1) is 0 Å². The van der Waals surface area contributed by atoms with Crippen molar-refractivity contribution < 1.29 is 0 Å². The summed E-state index contributed by atoms with van der Waals surface area (Å²) in [6, 6.07) is 10.5. The van der Waals surface area contributed by atoms with E-state index in [2.05, 4.69) is 40.2 Å². The summed E-state index contributed by atoms with van der Waals surface area (Å²) in [7, 11) is 0. The molecule has 1 fully saturated rings. The maximum absolute atomic E-state index is 4.45. The number of aromatic nitrogens is 1. The summed E-state index contributed by atoms with van der Waals surface area (Å²) in [5.74, 6) is 1.15. The molecule has 0 radical (unpaired) electrons. The SMILES string of the molecule is c1ccc2c(N3CCC3)nccc2c1. The third-order valence-electron chi connectivity index (χ3n) is 2.81. The molecule has 0 saturated carbocycles. The van der Waals surface area contributed by atoms with E-state index in [0.29, 0.717) is 0 Å². The zero-order chi connectivity index (χ0) is 9.38. The summed E-state index contributed by atoms with van der Waals surface area (Å²) in [5, 5.41) is 2.55. The topological polar surface area (TPSA) is 16.1 Å². The van der Waals surface area contributed by atoms with E-state index < -0.39 is 0 Å². The third-order valence-corrected chi connectivity index (χ3v) is 2.81. The van der Waals surface area contributed by atoms with E-state index in [1.807, 2.05) is 6.20 Å². The van der Waals surface area contributed by atoms with Gasteiger partial charge in [-0.15, -0.1) is 0 Å². The Labute approximate surface area is 83.2 Å². The fourth-order valence-corrected chi connectivity index (χ4v) is 1.88. The summed E-state index contributed by atoms with van der Waals surface area (Å²) in [5.41, 5.74) is 0. The highest BCUT2D eigenvalue weighted by molar-refractivity contribution is 5.92. The van der Waals surface area contributed by atoms with Crippen molar-refractivity contribution in [2.24, 2.45) is 0 Å². The Balaban J connectivity index is 2.22. The molecule has 0 spiro atoms. The van der Waals surface area contributed by atoms with E-state index in [0.717, 1.165) is 18.9 Å². The molecule has 0 amide bonds. The Bertz CT molecular complexity index is 455. The third kappa shape index (κ3) is 1.07. The molecule has 0 unspecified atom stereocenters. The molecule has 2 heterocycles. The highest BCUT2D eigenvalue weighted by Gasteiger charge is 2.17. The van der Waals surface area contributed by atoms with E-state index in [9.17, 15) is 0 Å². The Kier molecular flexibility index (Phi) is 1.66. The van der Waals surface area contributed by atoms with Gasteiger partial charge in [-0.1, -0.05) is 24.3 Å². The van der Waals surface area contributed by atoms with Crippen LogP contribution in [0.1, 0.15) is 6.42 Å². The number of hydrogen-bond acceptors (Lipinski definition) is 2. The molecule has 0 N–H and O–H groups in total. The number of nitrogens with zero attached hydrogens (tertiary/aromatic N) is 2. The van der Waals surface area contributed by atoms with Crippen LogP contribution in [-0.4, -0.2) is 18.1 Å². The molecule has 0 atom stereocenters. The van der Waals surface area contributed by atoms with Crippen molar-refractivity contribution in [3.05, 3.63) is 36.5 Å². The molecule has 1 aliphatic heterocycles. The number of benzene rings is 1. The van der Waals surface area contributed by atoms with Crippen LogP contribution in [0.2, 0.25) is 0 Å². The summed E-state index contributed by atoms with van der Waals surface area (Å²) < 4.78 is 0. The van der Waals surface area contributed by atoms with Gasteiger partial charge in [-0.2, -0.15) is 0 Å². The highest BCUT2D eigenvalue weighted by atomic mass is 15.2. The summed E-state index contributed by atoms with van der Waals surface area (Å²) in [4.78, 5) is 6.79. The first-order chi connectivity index (χ1) is 6.95. The van der Waals surface area contributed by atoms with Gasteiger partial charge in [0.1, 0.15) is 5.82 Å². The fourth-order valence-electron chi connectivity index (χ4n) is 1.88. The van der Waals surface area contributed by atoms with Crippen LogP contribution in [0, 0.1) is 0 Å². The molecule has 1 aromatic heterocycles. The van der Waals surface area contributed by atoms with Crippen LogP contribution in [-0.2, 0) is 0 Å². The van der Waals surface area contributed by atoms with Gasteiger partial charge in [0, 0.05) is 24.7 Å². The average molecular weight is 184 g/mol. The second-order valence-corrected chi connectivity index (χ2v) is 3.70. The summed E-state index contributed by atoms with van der Waals surface area (Å²) in [6.45, 7) is 2.31. The van der Waals surface area contributed by atoms with Crippen molar-refractivity contribution >= 4 is 16.6 Å². The van der Waals surface area contributed by atoms with Crippen LogP contribution in [0.3, 0.4) is 0 Å². The van der Waals surface area contributed by atoms with Gasteiger partial charge in [-0.05, 0) is 17.9 Å². The average Bonchev–Trinajstić information content (AvgIpc) is 2.16. The number of anilines is 1. The number of fused-ring (bicyclic) bond motifs is 1. The zero-order valence-corrected chi connectivity index (χ0v) is 7.98. The van der Waals surface area contributed by atoms with Gasteiger partial charge in [0.25, 0.3) is 0 Å². The van der Waals surface area contributed by atoms with Gasteiger partial charge >= 0.3 is 0 Å². The molecular formula is C12H12N2. The van der Waals surface area contributed by atoms with Gasteiger partial charge < -0.3 is 4.90 Å². The second-order valence-electron chi connectivity index (χ2n) is 3.70. The van der Waals surface area contributed by atoms with E-state index in [4.69, 9.17) is 0 Å². The maximum atomic E-state index is 4.45. The van der Waals surface area contributed by atoms with Crippen molar-refractivity contribution in [1.82, 2.24) is 4.98 Å². The lowest BCUT2D eigenvalue weighted by molar-refractivity contribution is 0.612. The monoisotopic (exact) mass is 184 g/mol. The Hall–Kier alpha value is -1.57. The Morgan fingerprint density at radius 1 is 1.07 bits per heavy atom. The van der Waals surface area contributed by atoms with Crippen molar-refractivity contribution in [2.45, 2.75) is 6.42 Å². The normalized spacial score (nSPS) is 15.6. The van der Waals surface area contributed by atoms with Gasteiger partial charge in [-0.3, -0.25) is 0 Å². The Morgan fingerprint density at radius 3 is 2.71 bits per heavy atom.